The zero-order chi connectivity index (χ0) is 14.5. The highest BCUT2D eigenvalue weighted by Crippen LogP contribution is 2.14. The Hall–Kier alpha value is -1.62. The molecule has 1 heterocycles. The molecule has 0 saturated heterocycles. The zero-order valence-electron chi connectivity index (χ0n) is 12.0. The van der Waals surface area contributed by atoms with Gasteiger partial charge in [0.1, 0.15) is 5.82 Å². The number of ether oxygens (including phenoxy) is 1. The molecule has 0 saturated carbocycles. The largest absolute Gasteiger partial charge is 0.478 e. The first-order chi connectivity index (χ1) is 8.88. The molecule has 0 atom stereocenters. The molecule has 0 aromatic carbocycles. The van der Waals surface area contributed by atoms with Gasteiger partial charge in [0.2, 0.25) is 0 Å². The number of rotatable bonds is 7. The number of carboxylic acids is 1. The molecule has 0 fully saturated rings. The Bertz CT molecular complexity index is 444. The molecule has 0 bridgehead atoms. The lowest BCUT2D eigenvalue weighted by Gasteiger charge is -2.25. The minimum Gasteiger partial charge on any atom is -0.478 e. The number of carbonyl (C=O) groups is 1. The standard InChI is InChI=1S/C14H22N2O3/c1-5-11-7-10(13(17)18)8-12(16-11)15-9-14(3,4)19-6-2/h7-8H,5-6,9H2,1-4H3,(H,15,16)(H,17,18). The molecule has 1 aromatic rings. The van der Waals surface area contributed by atoms with E-state index in [-0.39, 0.29) is 11.2 Å². The van der Waals surface area contributed by atoms with Crippen molar-refractivity contribution in [2.24, 2.45) is 0 Å². The topological polar surface area (TPSA) is 71.5 Å². The number of hydrogen-bond acceptors (Lipinski definition) is 4. The lowest BCUT2D eigenvalue weighted by molar-refractivity contribution is 0.000638. The van der Waals surface area contributed by atoms with E-state index in [4.69, 9.17) is 9.84 Å². The minimum absolute atomic E-state index is 0.253. The minimum atomic E-state index is -0.941. The van der Waals surface area contributed by atoms with Gasteiger partial charge < -0.3 is 15.2 Å². The summed E-state index contributed by atoms with van der Waals surface area (Å²) >= 11 is 0. The normalized spacial score (nSPS) is 11.4. The fourth-order valence-corrected chi connectivity index (χ4v) is 1.73. The van der Waals surface area contributed by atoms with Crippen LogP contribution in [-0.4, -0.2) is 34.8 Å². The summed E-state index contributed by atoms with van der Waals surface area (Å²) in [5, 5.41) is 12.2. The average molecular weight is 266 g/mol. The first-order valence-electron chi connectivity index (χ1n) is 6.50. The van der Waals surface area contributed by atoms with Crippen molar-refractivity contribution in [1.29, 1.82) is 0 Å². The molecule has 0 amide bonds. The summed E-state index contributed by atoms with van der Waals surface area (Å²) in [6, 6.07) is 3.14. The third-order valence-corrected chi connectivity index (χ3v) is 2.72. The van der Waals surface area contributed by atoms with Gasteiger partial charge in [-0.25, -0.2) is 9.78 Å². The van der Waals surface area contributed by atoms with Crippen molar-refractivity contribution in [2.45, 2.75) is 39.7 Å². The highest BCUT2D eigenvalue weighted by molar-refractivity contribution is 5.88. The number of hydrogen-bond donors (Lipinski definition) is 2. The molecule has 106 valence electrons. The van der Waals surface area contributed by atoms with Gasteiger partial charge in [0, 0.05) is 18.8 Å². The van der Waals surface area contributed by atoms with Crippen molar-refractivity contribution < 1.29 is 14.6 Å². The maximum atomic E-state index is 11.0. The van der Waals surface area contributed by atoms with Crippen LogP contribution in [0.3, 0.4) is 0 Å². The number of anilines is 1. The first kappa shape index (κ1) is 15.4. The van der Waals surface area contributed by atoms with Crippen LogP contribution in [0, 0.1) is 0 Å². The smallest absolute Gasteiger partial charge is 0.335 e. The van der Waals surface area contributed by atoms with Gasteiger partial charge in [0.05, 0.1) is 11.2 Å². The van der Waals surface area contributed by atoms with Gasteiger partial charge in [-0.1, -0.05) is 6.92 Å². The molecule has 0 unspecified atom stereocenters. The summed E-state index contributed by atoms with van der Waals surface area (Å²) in [6.07, 6.45) is 0.699. The highest BCUT2D eigenvalue weighted by atomic mass is 16.5. The van der Waals surface area contributed by atoms with E-state index in [0.717, 1.165) is 5.69 Å². The van der Waals surface area contributed by atoms with Crippen molar-refractivity contribution in [3.63, 3.8) is 0 Å². The van der Waals surface area contributed by atoms with Crippen LogP contribution in [0.25, 0.3) is 0 Å². The fourth-order valence-electron chi connectivity index (χ4n) is 1.73. The van der Waals surface area contributed by atoms with Crippen molar-refractivity contribution in [3.05, 3.63) is 23.4 Å². The Morgan fingerprint density at radius 3 is 2.63 bits per heavy atom. The van der Waals surface area contributed by atoms with Crippen molar-refractivity contribution in [3.8, 4) is 0 Å². The van der Waals surface area contributed by atoms with Gasteiger partial charge in [-0.05, 0) is 39.3 Å². The van der Waals surface area contributed by atoms with Gasteiger partial charge in [0.25, 0.3) is 0 Å². The van der Waals surface area contributed by atoms with E-state index in [1.54, 1.807) is 12.1 Å². The molecule has 1 aromatic heterocycles. The molecular formula is C14H22N2O3. The van der Waals surface area contributed by atoms with Gasteiger partial charge >= 0.3 is 5.97 Å². The van der Waals surface area contributed by atoms with Crippen LogP contribution in [-0.2, 0) is 11.2 Å². The van der Waals surface area contributed by atoms with E-state index >= 15 is 0 Å². The van der Waals surface area contributed by atoms with E-state index in [2.05, 4.69) is 10.3 Å². The van der Waals surface area contributed by atoms with Crippen LogP contribution < -0.4 is 5.32 Å². The van der Waals surface area contributed by atoms with E-state index in [1.807, 2.05) is 27.7 Å². The Kier molecular flexibility index (Phi) is 5.30. The van der Waals surface area contributed by atoms with E-state index in [9.17, 15) is 4.79 Å². The van der Waals surface area contributed by atoms with Crippen LogP contribution in [0.2, 0.25) is 0 Å². The predicted octanol–water partition coefficient (Wildman–Crippen LogP) is 2.57. The Morgan fingerprint density at radius 1 is 1.42 bits per heavy atom. The Balaban J connectivity index is 2.83. The van der Waals surface area contributed by atoms with Crippen LogP contribution >= 0.6 is 0 Å². The summed E-state index contributed by atoms with van der Waals surface area (Å²) < 4.78 is 5.58. The third-order valence-electron chi connectivity index (χ3n) is 2.72. The molecular weight excluding hydrogens is 244 g/mol. The molecule has 5 heteroatoms. The third kappa shape index (κ3) is 4.87. The summed E-state index contributed by atoms with van der Waals surface area (Å²) in [5.74, 6) is -0.367. The van der Waals surface area contributed by atoms with Gasteiger partial charge in [-0.3, -0.25) is 0 Å². The van der Waals surface area contributed by atoms with Gasteiger partial charge in [-0.2, -0.15) is 0 Å². The lowest BCUT2D eigenvalue weighted by Crippen LogP contribution is -2.33. The number of aromatic carboxylic acids is 1. The molecule has 0 spiro atoms. The van der Waals surface area contributed by atoms with Crippen LogP contribution in [0.4, 0.5) is 5.82 Å². The number of aryl methyl sites for hydroxylation is 1. The lowest BCUT2D eigenvalue weighted by atomic mass is 10.1. The molecule has 0 aliphatic carbocycles. The maximum absolute atomic E-state index is 11.0. The summed E-state index contributed by atoms with van der Waals surface area (Å²) in [6.45, 7) is 9.05. The Labute approximate surface area is 114 Å². The van der Waals surface area contributed by atoms with E-state index in [0.29, 0.717) is 25.4 Å². The van der Waals surface area contributed by atoms with Crippen molar-refractivity contribution in [1.82, 2.24) is 4.98 Å². The fraction of sp³-hybridized carbons (Fsp3) is 0.571. The Morgan fingerprint density at radius 2 is 2.11 bits per heavy atom. The van der Waals surface area contributed by atoms with Crippen LogP contribution in [0.5, 0.6) is 0 Å². The molecule has 1 rings (SSSR count). The second-order valence-corrected chi connectivity index (χ2v) is 4.94. The average Bonchev–Trinajstić information content (AvgIpc) is 2.36. The molecule has 5 nitrogen and oxygen atoms in total. The van der Waals surface area contributed by atoms with Gasteiger partial charge in [0.15, 0.2) is 0 Å². The molecule has 0 aliphatic rings. The van der Waals surface area contributed by atoms with E-state index < -0.39 is 5.97 Å². The van der Waals surface area contributed by atoms with Crippen LogP contribution in [0.15, 0.2) is 12.1 Å². The first-order valence-corrected chi connectivity index (χ1v) is 6.50. The predicted molar refractivity (Wildman–Crippen MR) is 74.8 cm³/mol. The zero-order valence-corrected chi connectivity index (χ0v) is 12.0. The van der Waals surface area contributed by atoms with Crippen molar-refractivity contribution >= 4 is 11.8 Å². The quantitative estimate of drug-likeness (QED) is 0.793. The second kappa shape index (κ2) is 6.52. The summed E-state index contributed by atoms with van der Waals surface area (Å²) in [5.41, 5.74) is 0.697. The molecule has 0 radical (unpaired) electrons. The number of pyridine rings is 1. The number of nitrogens with one attached hydrogen (secondary N) is 1. The van der Waals surface area contributed by atoms with Gasteiger partial charge in [-0.15, -0.1) is 0 Å². The summed E-state index contributed by atoms with van der Waals surface area (Å²) in [7, 11) is 0. The molecule has 0 aliphatic heterocycles. The molecule has 19 heavy (non-hydrogen) atoms. The van der Waals surface area contributed by atoms with Crippen LogP contribution in [0.1, 0.15) is 43.7 Å². The monoisotopic (exact) mass is 266 g/mol. The SMILES string of the molecule is CCOC(C)(C)CNc1cc(C(=O)O)cc(CC)n1. The van der Waals surface area contributed by atoms with E-state index in [1.165, 1.54) is 0 Å². The van der Waals surface area contributed by atoms with Crippen molar-refractivity contribution in [2.75, 3.05) is 18.5 Å². The number of nitrogens with zero attached hydrogens (tertiary/aromatic N) is 1. The number of carboxylic acid groups (broad SMARTS) is 1. The second-order valence-electron chi connectivity index (χ2n) is 4.94. The highest BCUT2D eigenvalue weighted by Gasteiger charge is 2.18. The maximum Gasteiger partial charge on any atom is 0.335 e. The summed E-state index contributed by atoms with van der Waals surface area (Å²) in [4.78, 5) is 15.4. The number of aromatic nitrogens is 1. The molecule has 2 N–H and O–H groups in total.